The van der Waals surface area contributed by atoms with Gasteiger partial charge in [-0.15, -0.1) is 0 Å². The summed E-state index contributed by atoms with van der Waals surface area (Å²) < 4.78 is 5.49. The van der Waals surface area contributed by atoms with Crippen LogP contribution in [-0.4, -0.2) is 48.6 Å². The number of fused-ring (bicyclic) bond motifs is 2. The van der Waals surface area contributed by atoms with E-state index in [1.54, 1.807) is 7.11 Å². The smallest absolute Gasteiger partial charge is 0.119 e. The lowest BCUT2D eigenvalue weighted by atomic mass is 9.51. The molecule has 2 saturated heterocycles. The van der Waals surface area contributed by atoms with Crippen LogP contribution in [0.1, 0.15) is 25.3 Å². The van der Waals surface area contributed by atoms with Crippen molar-refractivity contribution in [2.75, 3.05) is 26.8 Å². The predicted octanol–water partition coefficient (Wildman–Crippen LogP) is 2.68. The molecule has 1 saturated carbocycles. The Kier molecular flexibility index (Phi) is 3.01. The molecule has 24 heavy (non-hydrogen) atoms. The molecule has 5 rings (SSSR count). The molecule has 1 aromatic rings. The van der Waals surface area contributed by atoms with E-state index < -0.39 is 0 Å². The van der Waals surface area contributed by atoms with Gasteiger partial charge in [0.25, 0.3) is 0 Å². The Hall–Kier alpha value is -1.65. The highest BCUT2D eigenvalue weighted by molar-refractivity contribution is 6.07. The van der Waals surface area contributed by atoms with Gasteiger partial charge in [-0.25, -0.2) is 0 Å². The number of hydrogen-bond acceptors (Lipinski definition) is 4. The zero-order valence-corrected chi connectivity index (χ0v) is 14.3. The van der Waals surface area contributed by atoms with Gasteiger partial charge in [-0.2, -0.15) is 0 Å². The molecule has 0 radical (unpaired) electrons. The number of hydrogen-bond donors (Lipinski definition) is 1. The fraction of sp³-hybridized carbons (Fsp3) is 0.550. The molecule has 0 aromatic heterocycles. The summed E-state index contributed by atoms with van der Waals surface area (Å²) in [5, 5.41) is 10.4. The van der Waals surface area contributed by atoms with Gasteiger partial charge in [-0.3, -0.25) is 9.89 Å². The van der Waals surface area contributed by atoms with Crippen LogP contribution in [0.5, 0.6) is 5.75 Å². The molecule has 3 heterocycles. The number of ether oxygens (including phenoxy) is 1. The fourth-order valence-electron chi connectivity index (χ4n) is 5.87. The zero-order chi connectivity index (χ0) is 16.5. The molecule has 0 amide bonds. The second kappa shape index (κ2) is 4.93. The number of piperidine rings is 2. The molecule has 0 spiro atoms. The van der Waals surface area contributed by atoms with Crippen molar-refractivity contribution in [3.63, 3.8) is 0 Å². The fourth-order valence-corrected chi connectivity index (χ4v) is 5.87. The number of aliphatic hydroxyl groups is 1. The Morgan fingerprint density at radius 3 is 3.08 bits per heavy atom. The van der Waals surface area contributed by atoms with Crippen LogP contribution in [0.15, 0.2) is 34.8 Å². The normalized spacial score (nSPS) is 38.0. The summed E-state index contributed by atoms with van der Waals surface area (Å²) >= 11 is 0. The largest absolute Gasteiger partial charge is 0.497 e. The lowest BCUT2D eigenvalue weighted by molar-refractivity contribution is 0.0291. The van der Waals surface area contributed by atoms with Crippen LogP contribution in [0.3, 0.4) is 0 Å². The van der Waals surface area contributed by atoms with Gasteiger partial charge in [0.05, 0.1) is 12.8 Å². The summed E-state index contributed by atoms with van der Waals surface area (Å²) in [6.07, 6.45) is 4.44. The SMILES string of the molecule is C/C=C1\CN2CCC34C(=Nc5ccc(OC)cc53)C2CC1C4CO. The lowest BCUT2D eigenvalue weighted by Gasteiger charge is -2.60. The Labute approximate surface area is 142 Å². The van der Waals surface area contributed by atoms with Crippen molar-refractivity contribution in [1.29, 1.82) is 0 Å². The van der Waals surface area contributed by atoms with E-state index in [9.17, 15) is 5.11 Å². The minimum atomic E-state index is -0.0998. The molecule has 4 aliphatic rings. The molecule has 4 heteroatoms. The van der Waals surface area contributed by atoms with Crippen LogP contribution in [0, 0.1) is 11.8 Å². The van der Waals surface area contributed by atoms with Gasteiger partial charge >= 0.3 is 0 Å². The minimum Gasteiger partial charge on any atom is -0.497 e. The van der Waals surface area contributed by atoms with Crippen molar-refractivity contribution in [2.45, 2.75) is 31.2 Å². The monoisotopic (exact) mass is 324 g/mol. The highest BCUT2D eigenvalue weighted by Crippen LogP contribution is 2.60. The summed E-state index contributed by atoms with van der Waals surface area (Å²) in [4.78, 5) is 7.68. The number of nitrogens with zero attached hydrogens (tertiary/aromatic N) is 2. The van der Waals surface area contributed by atoms with Gasteiger partial charge in [-0.1, -0.05) is 11.6 Å². The third-order valence-electron chi connectivity index (χ3n) is 6.96. The Bertz CT molecular complexity index is 769. The predicted molar refractivity (Wildman–Crippen MR) is 94.2 cm³/mol. The van der Waals surface area contributed by atoms with Crippen LogP contribution in [0.2, 0.25) is 0 Å². The van der Waals surface area contributed by atoms with Gasteiger partial charge < -0.3 is 9.84 Å². The van der Waals surface area contributed by atoms with Crippen LogP contribution in [0.25, 0.3) is 0 Å². The molecule has 3 fully saturated rings. The molecular formula is C20H24N2O2. The zero-order valence-electron chi connectivity index (χ0n) is 14.3. The maximum atomic E-state index is 10.4. The molecule has 4 unspecified atom stereocenters. The first kappa shape index (κ1) is 14.7. The van der Waals surface area contributed by atoms with E-state index in [2.05, 4.69) is 30.0 Å². The topological polar surface area (TPSA) is 45.1 Å². The second-order valence-electron chi connectivity index (χ2n) is 7.58. The van der Waals surface area contributed by atoms with Crippen molar-refractivity contribution >= 4 is 11.4 Å². The number of benzene rings is 1. The third-order valence-corrected chi connectivity index (χ3v) is 6.96. The van der Waals surface area contributed by atoms with Gasteiger partial charge in [0.15, 0.2) is 0 Å². The molecule has 3 aliphatic heterocycles. The Morgan fingerprint density at radius 2 is 2.33 bits per heavy atom. The molecule has 126 valence electrons. The number of methoxy groups -OCH3 is 1. The number of aliphatic imine (C=N–C) groups is 1. The van der Waals surface area contributed by atoms with Crippen molar-refractivity contribution in [1.82, 2.24) is 4.90 Å². The molecule has 1 N–H and O–H groups in total. The number of aliphatic hydroxyl groups excluding tert-OH is 1. The first-order valence-electron chi connectivity index (χ1n) is 9.00. The van der Waals surface area contributed by atoms with Crippen molar-refractivity contribution in [2.24, 2.45) is 16.8 Å². The van der Waals surface area contributed by atoms with E-state index in [0.717, 1.165) is 37.4 Å². The Balaban J connectivity index is 1.75. The minimum absolute atomic E-state index is 0.0998. The molecular weight excluding hydrogens is 300 g/mol. The van der Waals surface area contributed by atoms with E-state index in [1.165, 1.54) is 16.8 Å². The van der Waals surface area contributed by atoms with Crippen LogP contribution in [-0.2, 0) is 5.41 Å². The summed E-state index contributed by atoms with van der Waals surface area (Å²) in [5.41, 5.74) is 5.07. The van der Waals surface area contributed by atoms with E-state index >= 15 is 0 Å². The molecule has 1 aliphatic carbocycles. The average Bonchev–Trinajstić information content (AvgIpc) is 2.96. The molecule has 4 atom stereocenters. The standard InChI is InChI=1S/C20H24N2O2/c1-3-12-10-22-7-6-20-15-8-13(24-2)4-5-17(15)21-19(20)18(22)9-14(12)16(20)11-23/h3-5,8,14,16,18,23H,6-7,9-11H2,1-2H3/b12-3+. The molecule has 1 aromatic carbocycles. The van der Waals surface area contributed by atoms with Gasteiger partial charge in [0.2, 0.25) is 0 Å². The first-order chi connectivity index (χ1) is 11.7. The summed E-state index contributed by atoms with van der Waals surface area (Å²) in [7, 11) is 1.72. The Morgan fingerprint density at radius 1 is 1.46 bits per heavy atom. The van der Waals surface area contributed by atoms with Crippen LogP contribution < -0.4 is 4.74 Å². The maximum Gasteiger partial charge on any atom is 0.119 e. The average molecular weight is 324 g/mol. The van der Waals surface area contributed by atoms with Crippen molar-refractivity contribution in [3.05, 3.63) is 35.4 Å². The van der Waals surface area contributed by atoms with Gasteiger partial charge in [-0.05, 0) is 49.4 Å². The van der Waals surface area contributed by atoms with Crippen molar-refractivity contribution in [3.8, 4) is 5.75 Å². The second-order valence-corrected chi connectivity index (χ2v) is 7.58. The lowest BCUT2D eigenvalue weighted by Crippen LogP contribution is -2.68. The van der Waals surface area contributed by atoms with E-state index in [1.807, 2.05) is 6.07 Å². The highest BCUT2D eigenvalue weighted by atomic mass is 16.5. The van der Waals surface area contributed by atoms with Gasteiger partial charge in [0, 0.05) is 42.8 Å². The third kappa shape index (κ3) is 1.58. The van der Waals surface area contributed by atoms with E-state index in [0.29, 0.717) is 12.0 Å². The number of allylic oxidation sites excluding steroid dienone is 1. The van der Waals surface area contributed by atoms with Crippen LogP contribution >= 0.6 is 0 Å². The first-order valence-corrected chi connectivity index (χ1v) is 9.00. The van der Waals surface area contributed by atoms with E-state index in [-0.39, 0.29) is 17.9 Å². The highest BCUT2D eigenvalue weighted by Gasteiger charge is 2.62. The summed E-state index contributed by atoms with van der Waals surface area (Å²) in [6.45, 7) is 4.49. The maximum absolute atomic E-state index is 10.4. The van der Waals surface area contributed by atoms with Gasteiger partial charge in [0.1, 0.15) is 5.75 Å². The molecule has 4 nitrogen and oxygen atoms in total. The van der Waals surface area contributed by atoms with Crippen molar-refractivity contribution < 1.29 is 9.84 Å². The number of rotatable bonds is 2. The quantitative estimate of drug-likeness (QED) is 0.851. The van der Waals surface area contributed by atoms with Crippen LogP contribution in [0.4, 0.5) is 5.69 Å². The summed E-state index contributed by atoms with van der Waals surface area (Å²) in [5.74, 6) is 1.59. The van der Waals surface area contributed by atoms with E-state index in [4.69, 9.17) is 9.73 Å². The summed E-state index contributed by atoms with van der Waals surface area (Å²) in [6, 6.07) is 6.70. The molecule has 3 bridgehead atoms.